The Bertz CT molecular complexity index is 335. The van der Waals surface area contributed by atoms with Gasteiger partial charge in [0.1, 0.15) is 5.01 Å². The minimum absolute atomic E-state index is 0.680. The average molecular weight is 253 g/mol. The second-order valence-corrected chi connectivity index (χ2v) is 5.91. The van der Waals surface area contributed by atoms with Crippen LogP contribution in [0.15, 0.2) is 6.20 Å². The molecule has 0 aliphatic carbocycles. The smallest absolute Gasteiger partial charge is 0.107 e. The number of aromatic nitrogens is 1. The van der Waals surface area contributed by atoms with Crippen LogP contribution in [-0.4, -0.2) is 35.6 Å². The molecule has 1 atom stereocenters. The third-order valence-electron chi connectivity index (χ3n) is 3.31. The number of rotatable bonds is 5. The number of hydrogen-bond acceptors (Lipinski definition) is 4. The fourth-order valence-corrected chi connectivity index (χ4v) is 3.34. The number of piperidine rings is 1. The molecule has 1 N–H and O–H groups in total. The SMILES string of the molecule is CCNC1CCCN(Cc2ncc(CC)s2)C1. The van der Waals surface area contributed by atoms with Gasteiger partial charge < -0.3 is 5.32 Å². The molecule has 0 amide bonds. The van der Waals surface area contributed by atoms with Crippen molar-refractivity contribution in [2.45, 2.75) is 45.7 Å². The maximum atomic E-state index is 4.51. The van der Waals surface area contributed by atoms with Crippen LogP contribution in [0.3, 0.4) is 0 Å². The Hall–Kier alpha value is -0.450. The molecule has 96 valence electrons. The first-order valence-corrected chi connectivity index (χ1v) is 7.52. The lowest BCUT2D eigenvalue weighted by Gasteiger charge is -2.32. The standard InChI is InChI=1S/C13H23N3S/c1-3-12-8-15-13(17-12)10-16-7-5-6-11(9-16)14-4-2/h8,11,14H,3-7,9-10H2,1-2H3. The zero-order valence-electron chi connectivity index (χ0n) is 10.9. The second kappa shape index (κ2) is 6.47. The third kappa shape index (κ3) is 3.76. The summed E-state index contributed by atoms with van der Waals surface area (Å²) in [5.41, 5.74) is 0. The summed E-state index contributed by atoms with van der Waals surface area (Å²) < 4.78 is 0. The fraction of sp³-hybridized carbons (Fsp3) is 0.769. The van der Waals surface area contributed by atoms with Crippen LogP contribution < -0.4 is 5.32 Å². The van der Waals surface area contributed by atoms with E-state index < -0.39 is 0 Å². The van der Waals surface area contributed by atoms with E-state index in [0.717, 1.165) is 19.5 Å². The number of nitrogens with one attached hydrogen (secondary N) is 1. The van der Waals surface area contributed by atoms with Crippen LogP contribution >= 0.6 is 11.3 Å². The Labute approximate surface area is 108 Å². The van der Waals surface area contributed by atoms with Gasteiger partial charge in [0.25, 0.3) is 0 Å². The summed E-state index contributed by atoms with van der Waals surface area (Å²) in [7, 11) is 0. The quantitative estimate of drug-likeness (QED) is 0.872. The minimum atomic E-state index is 0.680. The van der Waals surface area contributed by atoms with Gasteiger partial charge in [-0.15, -0.1) is 11.3 Å². The molecule has 17 heavy (non-hydrogen) atoms. The molecule has 4 heteroatoms. The lowest BCUT2D eigenvalue weighted by Crippen LogP contribution is -2.45. The Morgan fingerprint density at radius 3 is 3.12 bits per heavy atom. The van der Waals surface area contributed by atoms with E-state index in [0.29, 0.717) is 6.04 Å². The second-order valence-electron chi connectivity index (χ2n) is 4.71. The molecule has 1 saturated heterocycles. The molecule has 0 saturated carbocycles. The van der Waals surface area contributed by atoms with E-state index in [1.54, 1.807) is 0 Å². The van der Waals surface area contributed by atoms with Crippen molar-refractivity contribution in [3.05, 3.63) is 16.1 Å². The maximum absolute atomic E-state index is 4.51. The van der Waals surface area contributed by atoms with Gasteiger partial charge in [-0.2, -0.15) is 0 Å². The lowest BCUT2D eigenvalue weighted by atomic mass is 10.1. The Balaban J connectivity index is 1.85. The first kappa shape index (κ1) is 13.0. The van der Waals surface area contributed by atoms with Crippen LogP contribution in [0.5, 0.6) is 0 Å². The molecule has 0 spiro atoms. The predicted octanol–water partition coefficient (Wildman–Crippen LogP) is 2.28. The molecule has 1 aromatic heterocycles. The number of likely N-dealkylation sites (tertiary alicyclic amines) is 1. The van der Waals surface area contributed by atoms with E-state index in [2.05, 4.69) is 29.0 Å². The summed E-state index contributed by atoms with van der Waals surface area (Å²) in [6, 6.07) is 0.680. The summed E-state index contributed by atoms with van der Waals surface area (Å²) >= 11 is 1.87. The zero-order chi connectivity index (χ0) is 12.1. The van der Waals surface area contributed by atoms with Gasteiger partial charge in [-0.1, -0.05) is 13.8 Å². The molecule has 1 aliphatic rings. The van der Waals surface area contributed by atoms with Crippen molar-refractivity contribution in [2.24, 2.45) is 0 Å². The van der Waals surface area contributed by atoms with Crippen LogP contribution in [0.1, 0.15) is 36.6 Å². The highest BCUT2D eigenvalue weighted by Crippen LogP contribution is 2.18. The molecule has 1 aliphatic heterocycles. The molecular formula is C13H23N3S. The molecule has 0 aromatic carbocycles. The Kier molecular flexibility index (Phi) is 4.95. The normalized spacial score (nSPS) is 21.9. The summed E-state index contributed by atoms with van der Waals surface area (Å²) in [6.45, 7) is 8.90. The van der Waals surface area contributed by atoms with Gasteiger partial charge in [0.15, 0.2) is 0 Å². The number of aryl methyl sites for hydroxylation is 1. The molecule has 1 aromatic rings. The largest absolute Gasteiger partial charge is 0.313 e. The summed E-state index contributed by atoms with van der Waals surface area (Å²) in [5, 5.41) is 4.83. The average Bonchev–Trinajstić information content (AvgIpc) is 2.78. The fourth-order valence-electron chi connectivity index (χ4n) is 2.43. The van der Waals surface area contributed by atoms with Crippen LogP contribution in [-0.2, 0) is 13.0 Å². The van der Waals surface area contributed by atoms with Gasteiger partial charge in [-0.05, 0) is 32.4 Å². The van der Waals surface area contributed by atoms with Gasteiger partial charge >= 0.3 is 0 Å². The molecule has 0 radical (unpaired) electrons. The Morgan fingerprint density at radius 2 is 2.41 bits per heavy atom. The van der Waals surface area contributed by atoms with Gasteiger partial charge in [-0.25, -0.2) is 4.98 Å². The number of likely N-dealkylation sites (N-methyl/N-ethyl adjacent to an activating group) is 1. The number of nitrogens with zero attached hydrogens (tertiary/aromatic N) is 2. The van der Waals surface area contributed by atoms with Crippen molar-refractivity contribution in [3.8, 4) is 0 Å². The predicted molar refractivity (Wildman–Crippen MR) is 73.5 cm³/mol. The molecule has 2 rings (SSSR count). The summed E-state index contributed by atoms with van der Waals surface area (Å²) in [6.07, 6.45) is 5.77. The van der Waals surface area contributed by atoms with Crippen molar-refractivity contribution < 1.29 is 0 Å². The van der Waals surface area contributed by atoms with Crippen LogP contribution in [0.4, 0.5) is 0 Å². The molecule has 3 nitrogen and oxygen atoms in total. The molecular weight excluding hydrogens is 230 g/mol. The molecule has 1 fully saturated rings. The highest BCUT2D eigenvalue weighted by atomic mass is 32.1. The van der Waals surface area contributed by atoms with Crippen molar-refractivity contribution in [2.75, 3.05) is 19.6 Å². The van der Waals surface area contributed by atoms with Crippen LogP contribution in [0.25, 0.3) is 0 Å². The summed E-state index contributed by atoms with van der Waals surface area (Å²) in [4.78, 5) is 8.45. The maximum Gasteiger partial charge on any atom is 0.107 e. The van der Waals surface area contributed by atoms with Crippen LogP contribution in [0.2, 0.25) is 0 Å². The van der Waals surface area contributed by atoms with E-state index in [1.807, 2.05) is 17.5 Å². The zero-order valence-corrected chi connectivity index (χ0v) is 11.7. The van der Waals surface area contributed by atoms with Crippen molar-refractivity contribution in [1.82, 2.24) is 15.2 Å². The monoisotopic (exact) mass is 253 g/mol. The van der Waals surface area contributed by atoms with E-state index in [1.165, 1.54) is 35.8 Å². The molecule has 1 unspecified atom stereocenters. The van der Waals surface area contributed by atoms with Crippen molar-refractivity contribution in [3.63, 3.8) is 0 Å². The highest BCUT2D eigenvalue weighted by molar-refractivity contribution is 7.11. The van der Waals surface area contributed by atoms with E-state index >= 15 is 0 Å². The lowest BCUT2D eigenvalue weighted by molar-refractivity contribution is 0.184. The first-order valence-electron chi connectivity index (χ1n) is 6.71. The van der Waals surface area contributed by atoms with Gasteiger partial charge in [0.2, 0.25) is 0 Å². The van der Waals surface area contributed by atoms with Crippen molar-refractivity contribution in [1.29, 1.82) is 0 Å². The summed E-state index contributed by atoms with van der Waals surface area (Å²) in [5.74, 6) is 0. The number of thiazole rings is 1. The topological polar surface area (TPSA) is 28.2 Å². The van der Waals surface area contributed by atoms with E-state index in [-0.39, 0.29) is 0 Å². The highest BCUT2D eigenvalue weighted by Gasteiger charge is 2.19. The van der Waals surface area contributed by atoms with Gasteiger partial charge in [-0.3, -0.25) is 4.90 Å². The Morgan fingerprint density at radius 1 is 1.53 bits per heavy atom. The molecule has 2 heterocycles. The third-order valence-corrected chi connectivity index (χ3v) is 4.43. The minimum Gasteiger partial charge on any atom is -0.313 e. The van der Waals surface area contributed by atoms with Crippen molar-refractivity contribution >= 4 is 11.3 Å². The first-order chi connectivity index (χ1) is 8.31. The van der Waals surface area contributed by atoms with E-state index in [4.69, 9.17) is 0 Å². The van der Waals surface area contributed by atoms with Crippen LogP contribution in [0, 0.1) is 0 Å². The van der Waals surface area contributed by atoms with Gasteiger partial charge in [0, 0.05) is 23.7 Å². The van der Waals surface area contributed by atoms with E-state index in [9.17, 15) is 0 Å². The van der Waals surface area contributed by atoms with Gasteiger partial charge in [0.05, 0.1) is 6.54 Å². The number of hydrogen-bond donors (Lipinski definition) is 1. The molecule has 0 bridgehead atoms.